The molecule has 0 fully saturated rings. The van der Waals surface area contributed by atoms with E-state index in [2.05, 4.69) is 147 Å². The van der Waals surface area contributed by atoms with E-state index in [1.807, 2.05) is 11.3 Å². The van der Waals surface area contributed by atoms with Gasteiger partial charge in [0.25, 0.3) is 0 Å². The van der Waals surface area contributed by atoms with Gasteiger partial charge < -0.3 is 4.90 Å². The van der Waals surface area contributed by atoms with Crippen LogP contribution in [-0.2, 0) is 0 Å². The minimum Gasteiger partial charge on any atom is -0.310 e. The Morgan fingerprint density at radius 3 is 2.32 bits per heavy atom. The quantitative estimate of drug-likeness (QED) is 0.202. The van der Waals surface area contributed by atoms with Gasteiger partial charge in [-0.1, -0.05) is 91.9 Å². The maximum absolute atomic E-state index is 2.45. The second-order valence-electron chi connectivity index (χ2n) is 9.66. The van der Waals surface area contributed by atoms with Crippen LogP contribution >= 0.6 is 11.3 Å². The van der Waals surface area contributed by atoms with Crippen LogP contribution in [0.4, 0.5) is 11.4 Å². The Balaban J connectivity index is 1.61. The molecule has 2 heteroatoms. The summed E-state index contributed by atoms with van der Waals surface area (Å²) in [5, 5.41) is 5.15. The molecule has 1 aromatic heterocycles. The Morgan fingerprint density at radius 1 is 0.737 bits per heavy atom. The van der Waals surface area contributed by atoms with Crippen molar-refractivity contribution in [3.8, 4) is 11.1 Å². The number of hydrogen-bond donors (Lipinski definition) is 0. The lowest BCUT2D eigenvalue weighted by atomic mass is 9.98. The van der Waals surface area contributed by atoms with Crippen molar-refractivity contribution in [2.75, 3.05) is 4.90 Å². The van der Waals surface area contributed by atoms with Crippen LogP contribution in [0.2, 0.25) is 0 Å². The molecule has 0 amide bonds. The smallest absolute Gasteiger partial charge is 0.0540 e. The number of nitrogens with zero attached hydrogens (tertiary/aromatic N) is 1. The standard InChI is InChI=1S/C36H31NS/c1-4-12-33(25(3)5-2)37(29-21-22-36-32(24-29)31-16-9-11-18-35(31)38-36)34-17-10-8-15-30(34)28-20-19-26-13-6-7-14-27(26)23-28/h5-24H,4H2,1-3H3/b25-5-,33-12+. The van der Waals surface area contributed by atoms with Crippen molar-refractivity contribution >= 4 is 53.7 Å². The lowest BCUT2D eigenvalue weighted by molar-refractivity contribution is 1.10. The second kappa shape index (κ2) is 10.3. The molecule has 0 spiro atoms. The molecule has 0 unspecified atom stereocenters. The molecular weight excluding hydrogens is 478 g/mol. The lowest BCUT2D eigenvalue weighted by Crippen LogP contribution is -2.18. The second-order valence-corrected chi connectivity index (χ2v) is 10.7. The number of fused-ring (bicyclic) bond motifs is 4. The monoisotopic (exact) mass is 509 g/mol. The van der Waals surface area contributed by atoms with Crippen molar-refractivity contribution < 1.29 is 0 Å². The average Bonchev–Trinajstić information content (AvgIpc) is 3.34. The van der Waals surface area contributed by atoms with Crippen molar-refractivity contribution in [2.45, 2.75) is 27.2 Å². The molecule has 186 valence electrons. The lowest BCUT2D eigenvalue weighted by Gasteiger charge is -2.31. The molecular formula is C36H31NS. The van der Waals surface area contributed by atoms with Crippen LogP contribution in [0.25, 0.3) is 42.1 Å². The summed E-state index contributed by atoms with van der Waals surface area (Å²) in [5.74, 6) is 0. The minimum atomic E-state index is 0.957. The Morgan fingerprint density at radius 2 is 1.47 bits per heavy atom. The van der Waals surface area contributed by atoms with Gasteiger partial charge in [0.05, 0.1) is 5.69 Å². The fourth-order valence-electron chi connectivity index (χ4n) is 5.30. The zero-order valence-corrected chi connectivity index (χ0v) is 22.9. The zero-order chi connectivity index (χ0) is 26.1. The van der Waals surface area contributed by atoms with Gasteiger partial charge in [0, 0.05) is 37.1 Å². The Labute approximate surface area is 229 Å². The summed E-state index contributed by atoms with van der Waals surface area (Å²) < 4.78 is 2.65. The Kier molecular flexibility index (Phi) is 6.57. The summed E-state index contributed by atoms with van der Waals surface area (Å²) in [4.78, 5) is 2.45. The van der Waals surface area contributed by atoms with E-state index < -0.39 is 0 Å². The highest BCUT2D eigenvalue weighted by molar-refractivity contribution is 7.25. The van der Waals surface area contributed by atoms with Crippen LogP contribution in [0.15, 0.2) is 133 Å². The summed E-state index contributed by atoms with van der Waals surface area (Å²) in [6.07, 6.45) is 5.52. The number of hydrogen-bond acceptors (Lipinski definition) is 2. The predicted octanol–water partition coefficient (Wildman–Crippen LogP) is 11.3. The van der Waals surface area contributed by atoms with Gasteiger partial charge in [-0.15, -0.1) is 11.3 Å². The number of para-hydroxylation sites is 1. The summed E-state index contributed by atoms with van der Waals surface area (Å²) in [7, 11) is 0. The van der Waals surface area contributed by atoms with E-state index in [0.717, 1.165) is 6.42 Å². The molecule has 6 aromatic rings. The molecule has 5 aromatic carbocycles. The van der Waals surface area contributed by atoms with Crippen molar-refractivity contribution in [1.82, 2.24) is 0 Å². The zero-order valence-electron chi connectivity index (χ0n) is 22.1. The molecule has 38 heavy (non-hydrogen) atoms. The van der Waals surface area contributed by atoms with Crippen molar-refractivity contribution in [3.63, 3.8) is 0 Å². The third-order valence-electron chi connectivity index (χ3n) is 7.30. The number of thiophene rings is 1. The van der Waals surface area contributed by atoms with Crippen LogP contribution in [0.3, 0.4) is 0 Å². The fraction of sp³-hybridized carbons (Fsp3) is 0.111. The maximum atomic E-state index is 2.45. The fourth-order valence-corrected chi connectivity index (χ4v) is 6.39. The SMILES string of the molecule is C/C=C(C)\C(=C/CC)N(c1ccc2sc3ccccc3c2c1)c1ccccc1-c1ccc2ccccc2c1. The first-order valence-corrected chi connectivity index (χ1v) is 14.1. The van der Waals surface area contributed by atoms with Crippen LogP contribution in [0.1, 0.15) is 27.2 Å². The van der Waals surface area contributed by atoms with Gasteiger partial charge in [-0.3, -0.25) is 0 Å². The van der Waals surface area contributed by atoms with Gasteiger partial charge in [0.15, 0.2) is 0 Å². The number of anilines is 2. The summed E-state index contributed by atoms with van der Waals surface area (Å²) in [6, 6.07) is 39.9. The van der Waals surface area contributed by atoms with Crippen LogP contribution < -0.4 is 4.90 Å². The van der Waals surface area contributed by atoms with E-state index in [9.17, 15) is 0 Å². The van der Waals surface area contributed by atoms with E-state index in [4.69, 9.17) is 0 Å². The van der Waals surface area contributed by atoms with Gasteiger partial charge in [-0.25, -0.2) is 0 Å². The highest BCUT2D eigenvalue weighted by atomic mass is 32.1. The molecule has 1 nitrogen and oxygen atoms in total. The molecule has 0 radical (unpaired) electrons. The van der Waals surface area contributed by atoms with Crippen LogP contribution in [0, 0.1) is 0 Å². The Hall–Kier alpha value is -4.14. The topological polar surface area (TPSA) is 3.24 Å². The number of benzene rings is 5. The first-order chi connectivity index (χ1) is 18.7. The minimum absolute atomic E-state index is 0.957. The van der Waals surface area contributed by atoms with Crippen molar-refractivity contribution in [2.24, 2.45) is 0 Å². The molecule has 0 aliphatic carbocycles. The van der Waals surface area contributed by atoms with Gasteiger partial charge in [0.1, 0.15) is 0 Å². The third kappa shape index (κ3) is 4.31. The summed E-state index contributed by atoms with van der Waals surface area (Å²) in [5.41, 5.74) is 7.29. The third-order valence-corrected chi connectivity index (χ3v) is 8.45. The van der Waals surface area contributed by atoms with Gasteiger partial charge in [0.2, 0.25) is 0 Å². The normalized spacial score (nSPS) is 12.5. The molecule has 1 heterocycles. The van der Waals surface area contributed by atoms with Crippen LogP contribution in [-0.4, -0.2) is 0 Å². The van der Waals surface area contributed by atoms with E-state index in [-0.39, 0.29) is 0 Å². The molecule has 0 aliphatic rings. The summed E-state index contributed by atoms with van der Waals surface area (Å²) >= 11 is 1.86. The van der Waals surface area contributed by atoms with Crippen molar-refractivity contribution in [1.29, 1.82) is 0 Å². The first kappa shape index (κ1) is 24.2. The van der Waals surface area contributed by atoms with Crippen LogP contribution in [0.5, 0.6) is 0 Å². The maximum Gasteiger partial charge on any atom is 0.0540 e. The molecule has 0 saturated carbocycles. The first-order valence-electron chi connectivity index (χ1n) is 13.3. The van der Waals surface area contributed by atoms with Gasteiger partial charge in [-0.05, 0) is 78.6 Å². The van der Waals surface area contributed by atoms with Crippen molar-refractivity contribution in [3.05, 3.63) is 133 Å². The largest absolute Gasteiger partial charge is 0.310 e. The molecule has 0 aliphatic heterocycles. The highest BCUT2D eigenvalue weighted by Gasteiger charge is 2.20. The van der Waals surface area contributed by atoms with E-state index in [1.54, 1.807) is 0 Å². The average molecular weight is 510 g/mol. The molecule has 0 bridgehead atoms. The molecule has 0 N–H and O–H groups in total. The van der Waals surface area contributed by atoms with Gasteiger partial charge in [-0.2, -0.15) is 0 Å². The predicted molar refractivity (Wildman–Crippen MR) is 169 cm³/mol. The molecule has 6 rings (SSSR count). The summed E-state index contributed by atoms with van der Waals surface area (Å²) in [6.45, 7) is 6.55. The van der Waals surface area contributed by atoms with E-state index in [0.29, 0.717) is 0 Å². The van der Waals surface area contributed by atoms with E-state index >= 15 is 0 Å². The molecule has 0 atom stereocenters. The Bertz CT molecular complexity index is 1840. The van der Waals surface area contributed by atoms with Gasteiger partial charge >= 0.3 is 0 Å². The number of rotatable bonds is 6. The highest BCUT2D eigenvalue weighted by Crippen LogP contribution is 2.43. The number of allylic oxidation sites excluding steroid dienone is 3. The van der Waals surface area contributed by atoms with E-state index in [1.165, 1.54) is 64.7 Å². The molecule has 0 saturated heterocycles.